The van der Waals surface area contributed by atoms with Gasteiger partial charge in [0, 0.05) is 32.2 Å². The summed E-state index contributed by atoms with van der Waals surface area (Å²) in [5.74, 6) is 0.582. The summed E-state index contributed by atoms with van der Waals surface area (Å²) in [5, 5.41) is 3.18. The van der Waals surface area contributed by atoms with E-state index in [2.05, 4.69) is 72.0 Å². The van der Waals surface area contributed by atoms with Crippen molar-refractivity contribution in [1.82, 2.24) is 16.2 Å². The van der Waals surface area contributed by atoms with Gasteiger partial charge in [-0.15, -0.1) is 0 Å². The number of rotatable bonds is 3. The van der Waals surface area contributed by atoms with Gasteiger partial charge in [0.25, 0.3) is 0 Å². The number of hydrazine groups is 1. The molecule has 24 heavy (non-hydrogen) atoms. The summed E-state index contributed by atoms with van der Waals surface area (Å²) in [7, 11) is 2.12. The molecule has 3 N–H and O–H groups in total. The topological polar surface area (TPSA) is 59.6 Å². The lowest BCUT2D eigenvalue weighted by atomic mass is 10.1. The van der Waals surface area contributed by atoms with Crippen LogP contribution in [-0.2, 0) is 4.79 Å². The number of carbonyl (C=O) groups is 1. The first kappa shape index (κ1) is 17.0. The number of nitrogens with one attached hydrogen (secondary N) is 3. The molecule has 132 valence electrons. The first-order valence-electron chi connectivity index (χ1n) is 8.81. The van der Waals surface area contributed by atoms with Gasteiger partial charge in [0.05, 0.1) is 24.0 Å². The van der Waals surface area contributed by atoms with Crippen molar-refractivity contribution in [1.29, 1.82) is 0 Å². The number of nitrogens with zero attached hydrogens (tertiary/aromatic N) is 2. The molecule has 1 aromatic carbocycles. The van der Waals surface area contributed by atoms with Gasteiger partial charge in [-0.2, -0.15) is 0 Å². The highest BCUT2D eigenvalue weighted by Gasteiger charge is 2.32. The summed E-state index contributed by atoms with van der Waals surface area (Å²) in [6.45, 7) is 8.69. The van der Waals surface area contributed by atoms with Gasteiger partial charge in [-0.1, -0.05) is 19.1 Å². The van der Waals surface area contributed by atoms with Crippen LogP contribution in [0.1, 0.15) is 20.8 Å². The summed E-state index contributed by atoms with van der Waals surface area (Å²) in [6, 6.07) is 8.91. The molecule has 2 heterocycles. The monoisotopic (exact) mass is 331 g/mol. The third-order valence-corrected chi connectivity index (χ3v) is 5.03. The molecule has 6 nitrogen and oxygen atoms in total. The first-order chi connectivity index (χ1) is 11.5. The Labute approximate surface area is 144 Å². The average Bonchev–Trinajstić information content (AvgIpc) is 2.79. The maximum atomic E-state index is 12.6. The highest BCUT2D eigenvalue weighted by atomic mass is 16.2. The van der Waals surface area contributed by atoms with Gasteiger partial charge in [0.2, 0.25) is 5.91 Å². The molecule has 3 atom stereocenters. The molecule has 3 unspecified atom stereocenters. The van der Waals surface area contributed by atoms with Gasteiger partial charge in [0.1, 0.15) is 0 Å². The molecular weight excluding hydrogens is 302 g/mol. The van der Waals surface area contributed by atoms with Gasteiger partial charge < -0.3 is 15.1 Å². The van der Waals surface area contributed by atoms with Crippen LogP contribution in [0.4, 0.5) is 11.4 Å². The van der Waals surface area contributed by atoms with Crippen molar-refractivity contribution < 1.29 is 4.79 Å². The van der Waals surface area contributed by atoms with Crippen molar-refractivity contribution in [3.63, 3.8) is 0 Å². The van der Waals surface area contributed by atoms with Gasteiger partial charge in [-0.25, -0.2) is 0 Å². The molecule has 2 aliphatic rings. The van der Waals surface area contributed by atoms with E-state index >= 15 is 0 Å². The summed E-state index contributed by atoms with van der Waals surface area (Å²) in [4.78, 5) is 17.1. The Kier molecular flexibility index (Phi) is 4.96. The number of para-hydroxylation sites is 2. The number of anilines is 2. The fourth-order valence-electron chi connectivity index (χ4n) is 3.83. The van der Waals surface area contributed by atoms with E-state index in [1.165, 1.54) is 5.69 Å². The number of fused-ring (bicyclic) bond motifs is 1. The van der Waals surface area contributed by atoms with Crippen molar-refractivity contribution in [3.05, 3.63) is 24.3 Å². The Balaban J connectivity index is 1.73. The standard InChI is InChI=1S/C18H29N5O/c1-12-9-22(4)15-7-5-6-8-16(15)23(10-12)11-17(24)19-18-13(2)20-21-14(18)3/h5-8,12-14,18,20-21H,9-11H2,1-4H3,(H,19,24). The molecule has 6 heteroatoms. The molecule has 1 saturated heterocycles. The van der Waals surface area contributed by atoms with Gasteiger partial charge in [-0.05, 0) is 31.9 Å². The molecule has 1 aromatic rings. The van der Waals surface area contributed by atoms with Crippen LogP contribution in [0.2, 0.25) is 0 Å². The maximum absolute atomic E-state index is 12.6. The van der Waals surface area contributed by atoms with Crippen molar-refractivity contribution in [3.8, 4) is 0 Å². The second-order valence-electron chi connectivity index (χ2n) is 7.31. The lowest BCUT2D eigenvalue weighted by molar-refractivity contribution is -0.120. The lowest BCUT2D eigenvalue weighted by Gasteiger charge is -2.27. The van der Waals surface area contributed by atoms with E-state index in [4.69, 9.17) is 0 Å². The molecule has 0 aromatic heterocycles. The van der Waals surface area contributed by atoms with Gasteiger partial charge in [-0.3, -0.25) is 15.6 Å². The normalized spacial score (nSPS) is 30.0. The van der Waals surface area contributed by atoms with Crippen LogP contribution >= 0.6 is 0 Å². The van der Waals surface area contributed by atoms with E-state index in [0.717, 1.165) is 18.8 Å². The highest BCUT2D eigenvalue weighted by molar-refractivity contribution is 5.84. The summed E-state index contributed by atoms with van der Waals surface area (Å²) < 4.78 is 0. The van der Waals surface area contributed by atoms with Crippen molar-refractivity contribution >= 4 is 17.3 Å². The lowest BCUT2D eigenvalue weighted by Crippen LogP contribution is -2.50. The molecule has 0 aliphatic carbocycles. The molecule has 3 rings (SSSR count). The Hall–Kier alpha value is -1.79. The molecule has 0 spiro atoms. The summed E-state index contributed by atoms with van der Waals surface area (Å²) in [5.41, 5.74) is 8.70. The van der Waals surface area contributed by atoms with Crippen molar-refractivity contribution in [2.45, 2.75) is 38.9 Å². The highest BCUT2D eigenvalue weighted by Crippen LogP contribution is 2.32. The Morgan fingerprint density at radius 2 is 1.75 bits per heavy atom. The van der Waals surface area contributed by atoms with Crippen molar-refractivity contribution in [2.24, 2.45) is 5.92 Å². The Morgan fingerprint density at radius 1 is 1.12 bits per heavy atom. The molecular formula is C18H29N5O. The third-order valence-electron chi connectivity index (χ3n) is 5.03. The van der Waals surface area contributed by atoms with Crippen LogP contribution in [0.25, 0.3) is 0 Å². The van der Waals surface area contributed by atoms with Crippen LogP contribution < -0.4 is 26.0 Å². The molecule has 2 aliphatic heterocycles. The van der Waals surface area contributed by atoms with Gasteiger partial charge in [0.15, 0.2) is 0 Å². The zero-order chi connectivity index (χ0) is 17.3. The predicted molar refractivity (Wildman–Crippen MR) is 98.2 cm³/mol. The van der Waals surface area contributed by atoms with Crippen molar-refractivity contribution in [2.75, 3.05) is 36.5 Å². The molecule has 0 radical (unpaired) electrons. The minimum Gasteiger partial charge on any atom is -0.373 e. The van der Waals surface area contributed by atoms with E-state index in [0.29, 0.717) is 12.5 Å². The minimum atomic E-state index is 0.0794. The van der Waals surface area contributed by atoms with Gasteiger partial charge >= 0.3 is 0 Å². The number of hydrogen-bond acceptors (Lipinski definition) is 5. The Morgan fingerprint density at radius 3 is 2.42 bits per heavy atom. The predicted octanol–water partition coefficient (Wildman–Crippen LogP) is 0.949. The van der Waals surface area contributed by atoms with E-state index in [1.807, 2.05) is 6.07 Å². The quantitative estimate of drug-likeness (QED) is 0.770. The van der Waals surface area contributed by atoms with Crippen LogP contribution in [0.15, 0.2) is 24.3 Å². The number of hydrogen-bond donors (Lipinski definition) is 3. The fraction of sp³-hybridized carbons (Fsp3) is 0.611. The molecule has 0 bridgehead atoms. The SMILES string of the molecule is CC1CN(C)c2ccccc2N(CC(=O)NC2C(C)NNC2C)C1. The van der Waals surface area contributed by atoms with Crippen LogP contribution in [0, 0.1) is 5.92 Å². The zero-order valence-corrected chi connectivity index (χ0v) is 15.0. The largest absolute Gasteiger partial charge is 0.373 e. The van der Waals surface area contributed by atoms with Crippen LogP contribution in [0.3, 0.4) is 0 Å². The summed E-state index contributed by atoms with van der Waals surface area (Å²) in [6.07, 6.45) is 0. The number of carbonyl (C=O) groups excluding carboxylic acids is 1. The van der Waals surface area contributed by atoms with Crippen LogP contribution in [0.5, 0.6) is 0 Å². The first-order valence-corrected chi connectivity index (χ1v) is 8.81. The van der Waals surface area contributed by atoms with E-state index in [9.17, 15) is 4.79 Å². The third kappa shape index (κ3) is 3.49. The fourth-order valence-corrected chi connectivity index (χ4v) is 3.83. The molecule has 0 saturated carbocycles. The minimum absolute atomic E-state index is 0.0794. The average molecular weight is 331 g/mol. The molecule has 1 amide bonds. The number of benzene rings is 1. The summed E-state index contributed by atoms with van der Waals surface area (Å²) >= 11 is 0. The second kappa shape index (κ2) is 6.99. The Bertz CT molecular complexity index is 583. The molecule has 1 fully saturated rings. The number of amides is 1. The zero-order valence-electron chi connectivity index (χ0n) is 15.0. The maximum Gasteiger partial charge on any atom is 0.239 e. The van der Waals surface area contributed by atoms with E-state index < -0.39 is 0 Å². The smallest absolute Gasteiger partial charge is 0.239 e. The van der Waals surface area contributed by atoms with E-state index in [1.54, 1.807) is 0 Å². The van der Waals surface area contributed by atoms with E-state index in [-0.39, 0.29) is 24.0 Å². The second-order valence-corrected chi connectivity index (χ2v) is 7.31. The van der Waals surface area contributed by atoms with Crippen LogP contribution in [-0.4, -0.2) is 50.7 Å².